The van der Waals surface area contributed by atoms with Crippen molar-refractivity contribution in [3.05, 3.63) is 41.1 Å². The number of rotatable bonds is 3. The SMILES string of the molecule is COc1nn(C)c2c1CCCN(C(=O)c1ccc(N(C)C)cc1)C2. The van der Waals surface area contributed by atoms with Crippen LogP contribution in [0.2, 0.25) is 0 Å². The second-order valence-electron chi connectivity index (χ2n) is 6.33. The lowest BCUT2D eigenvalue weighted by atomic mass is 10.1. The standard InChI is InChI=1S/C18H24N4O2/c1-20(2)14-9-7-13(8-10-14)18(23)22-11-5-6-15-16(12-22)21(3)19-17(15)24-4/h7-10H,5-6,11-12H2,1-4H3. The van der Waals surface area contributed by atoms with Crippen LogP contribution in [0.3, 0.4) is 0 Å². The average Bonchev–Trinajstić information content (AvgIpc) is 2.76. The van der Waals surface area contributed by atoms with Gasteiger partial charge in [-0.2, -0.15) is 0 Å². The van der Waals surface area contributed by atoms with Gasteiger partial charge in [0.25, 0.3) is 5.91 Å². The smallest absolute Gasteiger partial charge is 0.254 e. The van der Waals surface area contributed by atoms with Gasteiger partial charge >= 0.3 is 0 Å². The molecule has 0 bridgehead atoms. The minimum atomic E-state index is 0.0633. The van der Waals surface area contributed by atoms with E-state index in [4.69, 9.17) is 4.74 Å². The second-order valence-corrected chi connectivity index (χ2v) is 6.33. The number of ether oxygens (including phenoxy) is 1. The van der Waals surface area contributed by atoms with E-state index >= 15 is 0 Å². The first-order valence-corrected chi connectivity index (χ1v) is 8.16. The van der Waals surface area contributed by atoms with Crippen LogP contribution in [0, 0.1) is 0 Å². The molecule has 24 heavy (non-hydrogen) atoms. The first-order valence-electron chi connectivity index (χ1n) is 8.16. The van der Waals surface area contributed by atoms with Gasteiger partial charge < -0.3 is 14.5 Å². The molecule has 1 aliphatic heterocycles. The molecule has 2 aromatic rings. The quantitative estimate of drug-likeness (QED) is 0.866. The van der Waals surface area contributed by atoms with Gasteiger partial charge in [-0.25, -0.2) is 0 Å². The molecule has 1 aromatic heterocycles. The molecule has 0 spiro atoms. The van der Waals surface area contributed by atoms with E-state index in [0.29, 0.717) is 12.4 Å². The Labute approximate surface area is 142 Å². The Morgan fingerprint density at radius 2 is 1.96 bits per heavy atom. The number of nitrogens with zero attached hydrogens (tertiary/aromatic N) is 4. The lowest BCUT2D eigenvalue weighted by Gasteiger charge is -2.21. The molecule has 0 unspecified atom stereocenters. The van der Waals surface area contributed by atoms with Gasteiger partial charge in [-0.3, -0.25) is 9.48 Å². The van der Waals surface area contributed by atoms with Gasteiger partial charge in [0.1, 0.15) is 0 Å². The summed E-state index contributed by atoms with van der Waals surface area (Å²) in [5.74, 6) is 0.741. The molecule has 3 rings (SSSR count). The molecule has 0 N–H and O–H groups in total. The summed E-state index contributed by atoms with van der Waals surface area (Å²) in [6.45, 7) is 1.31. The van der Waals surface area contributed by atoms with Gasteiger partial charge in [-0.05, 0) is 37.1 Å². The van der Waals surface area contributed by atoms with Crippen LogP contribution in [0.15, 0.2) is 24.3 Å². The van der Waals surface area contributed by atoms with Crippen molar-refractivity contribution in [1.82, 2.24) is 14.7 Å². The fraction of sp³-hybridized carbons (Fsp3) is 0.444. The monoisotopic (exact) mass is 328 g/mol. The number of fused-ring (bicyclic) bond motifs is 1. The van der Waals surface area contributed by atoms with Gasteiger partial charge in [0.15, 0.2) is 0 Å². The zero-order chi connectivity index (χ0) is 17.3. The fourth-order valence-corrected chi connectivity index (χ4v) is 3.15. The van der Waals surface area contributed by atoms with Gasteiger partial charge in [0.2, 0.25) is 5.88 Å². The maximum absolute atomic E-state index is 12.9. The van der Waals surface area contributed by atoms with E-state index in [-0.39, 0.29) is 5.91 Å². The summed E-state index contributed by atoms with van der Waals surface area (Å²) in [5.41, 5.74) is 3.99. The molecule has 128 valence electrons. The molecule has 0 atom stereocenters. The number of amides is 1. The number of hydrogen-bond donors (Lipinski definition) is 0. The minimum Gasteiger partial charge on any atom is -0.480 e. The summed E-state index contributed by atoms with van der Waals surface area (Å²) in [4.78, 5) is 16.8. The largest absolute Gasteiger partial charge is 0.480 e. The predicted molar refractivity (Wildman–Crippen MR) is 93.6 cm³/mol. The molecule has 0 saturated carbocycles. The molecule has 1 aromatic carbocycles. The number of carbonyl (C=O) groups is 1. The van der Waals surface area contributed by atoms with Crippen molar-refractivity contribution >= 4 is 11.6 Å². The number of aryl methyl sites for hydroxylation is 1. The number of carbonyl (C=O) groups excluding carboxylic acids is 1. The third-order valence-electron chi connectivity index (χ3n) is 4.54. The van der Waals surface area contributed by atoms with Gasteiger partial charge in [0.05, 0.1) is 19.3 Å². The fourth-order valence-electron chi connectivity index (χ4n) is 3.15. The Morgan fingerprint density at radius 3 is 2.58 bits per heavy atom. The molecular weight excluding hydrogens is 304 g/mol. The van der Waals surface area contributed by atoms with Crippen molar-refractivity contribution in [2.75, 3.05) is 32.6 Å². The number of methoxy groups -OCH3 is 1. The summed E-state index contributed by atoms with van der Waals surface area (Å²) in [6.07, 6.45) is 1.80. The number of aromatic nitrogens is 2. The van der Waals surface area contributed by atoms with Crippen LogP contribution < -0.4 is 9.64 Å². The van der Waals surface area contributed by atoms with Crippen LogP contribution in [0.5, 0.6) is 5.88 Å². The van der Waals surface area contributed by atoms with Gasteiger partial charge in [-0.1, -0.05) is 0 Å². The highest BCUT2D eigenvalue weighted by Crippen LogP contribution is 2.27. The number of hydrogen-bond acceptors (Lipinski definition) is 4. The van der Waals surface area contributed by atoms with Crippen LogP contribution in [0.4, 0.5) is 5.69 Å². The Morgan fingerprint density at radius 1 is 1.25 bits per heavy atom. The second kappa shape index (κ2) is 6.55. The van der Waals surface area contributed by atoms with Crippen LogP contribution in [-0.2, 0) is 20.0 Å². The van der Waals surface area contributed by atoms with Crippen LogP contribution in [0.25, 0.3) is 0 Å². The topological polar surface area (TPSA) is 50.6 Å². The number of anilines is 1. The zero-order valence-corrected chi connectivity index (χ0v) is 14.7. The summed E-state index contributed by atoms with van der Waals surface area (Å²) in [6, 6.07) is 7.74. The maximum Gasteiger partial charge on any atom is 0.254 e. The van der Waals surface area contributed by atoms with Crippen molar-refractivity contribution in [3.8, 4) is 5.88 Å². The third kappa shape index (κ3) is 2.96. The normalized spacial score (nSPS) is 14.1. The maximum atomic E-state index is 12.9. The highest BCUT2D eigenvalue weighted by atomic mass is 16.5. The minimum absolute atomic E-state index is 0.0633. The van der Waals surface area contributed by atoms with E-state index in [9.17, 15) is 4.79 Å². The Hall–Kier alpha value is -2.50. The molecule has 0 saturated heterocycles. The van der Waals surface area contributed by atoms with Crippen LogP contribution in [0.1, 0.15) is 28.0 Å². The molecule has 6 nitrogen and oxygen atoms in total. The lowest BCUT2D eigenvalue weighted by molar-refractivity contribution is 0.0742. The molecule has 0 fully saturated rings. The van der Waals surface area contributed by atoms with E-state index in [1.54, 1.807) is 7.11 Å². The Balaban J connectivity index is 1.83. The third-order valence-corrected chi connectivity index (χ3v) is 4.54. The summed E-state index contributed by atoms with van der Waals surface area (Å²) < 4.78 is 7.19. The highest BCUT2D eigenvalue weighted by Gasteiger charge is 2.25. The van der Waals surface area contributed by atoms with E-state index in [1.807, 2.05) is 59.9 Å². The zero-order valence-electron chi connectivity index (χ0n) is 14.7. The van der Waals surface area contributed by atoms with Crippen LogP contribution >= 0.6 is 0 Å². The predicted octanol–water partition coefficient (Wildman–Crippen LogP) is 2.08. The van der Waals surface area contributed by atoms with E-state index in [1.165, 1.54) is 0 Å². The molecule has 0 radical (unpaired) electrons. The summed E-state index contributed by atoms with van der Waals surface area (Å²) >= 11 is 0. The average molecular weight is 328 g/mol. The van der Waals surface area contributed by atoms with Crippen molar-refractivity contribution in [2.45, 2.75) is 19.4 Å². The molecule has 6 heteroatoms. The van der Waals surface area contributed by atoms with Crippen LogP contribution in [-0.4, -0.2) is 48.3 Å². The van der Waals surface area contributed by atoms with E-state index < -0.39 is 0 Å². The molecule has 2 heterocycles. The van der Waals surface area contributed by atoms with Crippen molar-refractivity contribution in [2.24, 2.45) is 7.05 Å². The van der Waals surface area contributed by atoms with Crippen molar-refractivity contribution in [1.29, 1.82) is 0 Å². The highest BCUT2D eigenvalue weighted by molar-refractivity contribution is 5.94. The first-order chi connectivity index (χ1) is 11.5. The van der Waals surface area contributed by atoms with Crippen molar-refractivity contribution in [3.63, 3.8) is 0 Å². The van der Waals surface area contributed by atoms with Crippen molar-refractivity contribution < 1.29 is 9.53 Å². The summed E-state index contributed by atoms with van der Waals surface area (Å²) in [5, 5.41) is 4.40. The van der Waals surface area contributed by atoms with E-state index in [2.05, 4.69) is 5.10 Å². The first kappa shape index (κ1) is 16.4. The Kier molecular flexibility index (Phi) is 4.46. The Bertz CT molecular complexity index is 734. The van der Waals surface area contributed by atoms with Gasteiger partial charge in [0, 0.05) is 44.5 Å². The molecule has 1 amide bonds. The molecular formula is C18H24N4O2. The van der Waals surface area contributed by atoms with E-state index in [0.717, 1.165) is 41.9 Å². The molecule has 1 aliphatic rings. The summed E-state index contributed by atoms with van der Waals surface area (Å²) in [7, 11) is 7.52. The molecule has 0 aliphatic carbocycles. The van der Waals surface area contributed by atoms with Gasteiger partial charge in [-0.15, -0.1) is 5.10 Å². The lowest BCUT2D eigenvalue weighted by Crippen LogP contribution is -2.31. The number of benzene rings is 1.